The molecule has 0 unspecified atom stereocenters. The highest BCUT2D eigenvalue weighted by atomic mass is 16.5. The summed E-state index contributed by atoms with van der Waals surface area (Å²) in [5.74, 6) is -0.0713. The van der Waals surface area contributed by atoms with Crippen LogP contribution in [0.3, 0.4) is 0 Å². The lowest BCUT2D eigenvalue weighted by Gasteiger charge is -2.41. The van der Waals surface area contributed by atoms with E-state index in [1.807, 2.05) is 0 Å². The maximum absolute atomic E-state index is 12.6. The molecule has 1 aromatic heterocycles. The van der Waals surface area contributed by atoms with Crippen molar-refractivity contribution in [1.29, 1.82) is 0 Å². The number of aryl methyl sites for hydroxylation is 1. The van der Waals surface area contributed by atoms with Gasteiger partial charge in [-0.15, -0.1) is 0 Å². The number of rotatable bonds is 5. The predicted molar refractivity (Wildman–Crippen MR) is 146 cm³/mol. The minimum absolute atomic E-state index is 0.0172. The van der Waals surface area contributed by atoms with Crippen LogP contribution in [-0.2, 0) is 22.5 Å². The van der Waals surface area contributed by atoms with Crippen molar-refractivity contribution in [3.63, 3.8) is 0 Å². The molecule has 1 saturated heterocycles. The molecule has 5 rings (SSSR count). The Morgan fingerprint density at radius 1 is 1.16 bits per heavy atom. The van der Waals surface area contributed by atoms with Crippen LogP contribution in [0.25, 0.3) is 15.6 Å². The van der Waals surface area contributed by atoms with Crippen molar-refractivity contribution < 1.29 is 14.3 Å². The van der Waals surface area contributed by atoms with E-state index in [-0.39, 0.29) is 24.3 Å². The minimum atomic E-state index is -0.592. The summed E-state index contributed by atoms with van der Waals surface area (Å²) in [6.45, 7) is 16.0. The molecule has 194 valence electrons. The molecule has 2 aliphatic rings. The van der Waals surface area contributed by atoms with Gasteiger partial charge in [0.2, 0.25) is 18.3 Å². The van der Waals surface area contributed by atoms with Gasteiger partial charge >= 0.3 is 5.97 Å². The standard InChI is InChI=1S/C29H30N6O3/c1-5-25(36)35-15-14-34(17-21(35)16-30-3)28-22-12-13-33(18-23(22)31-27(32-28)29(37)38-4)24-11-7-10-20-9-6-8-19(2)26(20)24/h5-11,21H,1,12-18H2,2,4H3/t21-/m0/s1. The zero-order valence-corrected chi connectivity index (χ0v) is 21.7. The Kier molecular flexibility index (Phi) is 6.97. The third-order valence-electron chi connectivity index (χ3n) is 7.38. The molecule has 0 radical (unpaired) electrons. The van der Waals surface area contributed by atoms with Crippen LogP contribution >= 0.6 is 0 Å². The quantitative estimate of drug-likeness (QED) is 0.296. The SMILES string of the molecule is [C-]#[N+]C[C@H]1CN(c2nc(C(=O)OC)nc3c2CCN(c2cccc4cccc(C)c24)C3)CCN1C(=O)C=C. The van der Waals surface area contributed by atoms with Crippen molar-refractivity contribution in [2.45, 2.75) is 25.9 Å². The summed E-state index contributed by atoms with van der Waals surface area (Å²) in [4.78, 5) is 43.9. The fraction of sp³-hybridized carbons (Fsp3) is 0.345. The van der Waals surface area contributed by atoms with Gasteiger partial charge < -0.3 is 24.3 Å². The molecular formula is C29H30N6O3. The second-order valence-electron chi connectivity index (χ2n) is 9.59. The molecule has 38 heavy (non-hydrogen) atoms. The number of hydrogen-bond acceptors (Lipinski definition) is 7. The summed E-state index contributed by atoms with van der Waals surface area (Å²) in [5.41, 5.74) is 4.13. The number of esters is 1. The van der Waals surface area contributed by atoms with Crippen LogP contribution in [-0.4, -0.2) is 72.6 Å². The zero-order valence-electron chi connectivity index (χ0n) is 21.7. The summed E-state index contributed by atoms with van der Waals surface area (Å²) in [6.07, 6.45) is 1.99. The lowest BCUT2D eigenvalue weighted by molar-refractivity contribution is -0.128. The van der Waals surface area contributed by atoms with Gasteiger partial charge in [0, 0.05) is 42.8 Å². The number of benzene rings is 2. The van der Waals surface area contributed by atoms with Gasteiger partial charge in [-0.1, -0.05) is 36.9 Å². The Bertz CT molecular complexity index is 1460. The molecule has 0 saturated carbocycles. The topological polar surface area (TPSA) is 83.2 Å². The summed E-state index contributed by atoms with van der Waals surface area (Å²) in [7, 11) is 1.32. The Balaban J connectivity index is 1.53. The van der Waals surface area contributed by atoms with E-state index in [2.05, 4.69) is 74.5 Å². The predicted octanol–water partition coefficient (Wildman–Crippen LogP) is 3.41. The number of carbonyl (C=O) groups is 2. The van der Waals surface area contributed by atoms with Gasteiger partial charge in [-0.3, -0.25) is 4.79 Å². The van der Waals surface area contributed by atoms with Gasteiger partial charge in [0.1, 0.15) is 11.9 Å². The Hall–Kier alpha value is -4.45. The highest BCUT2D eigenvalue weighted by molar-refractivity contribution is 5.97. The van der Waals surface area contributed by atoms with Gasteiger partial charge in [-0.2, -0.15) is 0 Å². The molecule has 3 heterocycles. The minimum Gasteiger partial charge on any atom is -0.463 e. The van der Waals surface area contributed by atoms with E-state index in [9.17, 15) is 9.59 Å². The molecular weight excluding hydrogens is 480 g/mol. The Morgan fingerprint density at radius 3 is 2.68 bits per heavy atom. The number of amides is 1. The number of nitrogens with zero attached hydrogens (tertiary/aromatic N) is 6. The van der Waals surface area contributed by atoms with E-state index in [1.165, 1.54) is 29.5 Å². The highest BCUT2D eigenvalue weighted by Gasteiger charge is 2.35. The van der Waals surface area contributed by atoms with Gasteiger partial charge in [0.15, 0.2) is 0 Å². The molecule has 9 heteroatoms. The van der Waals surface area contributed by atoms with Crippen molar-refractivity contribution in [3.8, 4) is 0 Å². The van der Waals surface area contributed by atoms with E-state index in [1.54, 1.807) is 4.90 Å². The van der Waals surface area contributed by atoms with E-state index >= 15 is 0 Å². The van der Waals surface area contributed by atoms with Crippen LogP contribution in [0.15, 0.2) is 49.1 Å². The molecule has 2 aromatic carbocycles. The number of aromatic nitrogens is 2. The van der Waals surface area contributed by atoms with Crippen LogP contribution in [0.2, 0.25) is 0 Å². The molecule has 3 aromatic rings. The smallest absolute Gasteiger partial charge is 0.376 e. The van der Waals surface area contributed by atoms with E-state index in [0.717, 1.165) is 23.5 Å². The van der Waals surface area contributed by atoms with Gasteiger partial charge in [0.05, 0.1) is 19.3 Å². The zero-order chi connectivity index (χ0) is 26.8. The molecule has 1 atom stereocenters. The molecule has 0 N–H and O–H groups in total. The first kappa shape index (κ1) is 25.2. The maximum atomic E-state index is 12.6. The summed E-state index contributed by atoms with van der Waals surface area (Å²) >= 11 is 0. The van der Waals surface area contributed by atoms with E-state index in [0.29, 0.717) is 38.4 Å². The molecule has 1 amide bonds. The largest absolute Gasteiger partial charge is 0.463 e. The first-order valence-corrected chi connectivity index (χ1v) is 12.7. The van der Waals surface area contributed by atoms with Crippen LogP contribution in [0.1, 0.15) is 27.4 Å². The fourth-order valence-electron chi connectivity index (χ4n) is 5.55. The van der Waals surface area contributed by atoms with Gasteiger partial charge in [-0.05, 0) is 36.4 Å². The maximum Gasteiger partial charge on any atom is 0.376 e. The van der Waals surface area contributed by atoms with Crippen molar-refractivity contribution in [3.05, 3.63) is 83.1 Å². The summed E-state index contributed by atoms with van der Waals surface area (Å²) < 4.78 is 4.98. The van der Waals surface area contributed by atoms with Crippen LogP contribution < -0.4 is 9.80 Å². The van der Waals surface area contributed by atoms with Gasteiger partial charge in [0.25, 0.3) is 0 Å². The van der Waals surface area contributed by atoms with E-state index in [4.69, 9.17) is 11.3 Å². The monoisotopic (exact) mass is 510 g/mol. The van der Waals surface area contributed by atoms with Crippen molar-refractivity contribution >= 4 is 34.2 Å². The summed E-state index contributed by atoms with van der Waals surface area (Å²) in [5, 5.41) is 2.40. The summed E-state index contributed by atoms with van der Waals surface area (Å²) in [6, 6.07) is 12.3. The third kappa shape index (κ3) is 4.54. The van der Waals surface area contributed by atoms with Crippen molar-refractivity contribution in [1.82, 2.24) is 14.9 Å². The molecule has 0 bridgehead atoms. The Labute approximate surface area is 222 Å². The molecule has 0 spiro atoms. The number of piperazine rings is 1. The normalized spacial score (nSPS) is 17.1. The second kappa shape index (κ2) is 10.5. The Morgan fingerprint density at radius 2 is 1.95 bits per heavy atom. The van der Waals surface area contributed by atoms with E-state index < -0.39 is 5.97 Å². The number of anilines is 2. The molecule has 9 nitrogen and oxygen atoms in total. The number of carbonyl (C=O) groups excluding carboxylic acids is 2. The van der Waals surface area contributed by atoms with Crippen LogP contribution in [0, 0.1) is 13.5 Å². The average Bonchev–Trinajstić information content (AvgIpc) is 2.95. The number of hydrogen-bond donors (Lipinski definition) is 0. The third-order valence-corrected chi connectivity index (χ3v) is 7.38. The fourth-order valence-corrected chi connectivity index (χ4v) is 5.55. The second-order valence-corrected chi connectivity index (χ2v) is 9.59. The lowest BCUT2D eigenvalue weighted by Crippen LogP contribution is -2.56. The average molecular weight is 511 g/mol. The molecule has 2 aliphatic heterocycles. The highest BCUT2D eigenvalue weighted by Crippen LogP contribution is 2.35. The molecule has 0 aliphatic carbocycles. The van der Waals surface area contributed by atoms with Gasteiger partial charge in [-0.25, -0.2) is 21.3 Å². The molecule has 1 fully saturated rings. The number of methoxy groups -OCH3 is 1. The first-order valence-electron chi connectivity index (χ1n) is 12.7. The number of ether oxygens (including phenoxy) is 1. The van der Waals surface area contributed by atoms with Crippen LogP contribution in [0.5, 0.6) is 0 Å². The first-order chi connectivity index (χ1) is 18.4. The van der Waals surface area contributed by atoms with Crippen molar-refractivity contribution in [2.24, 2.45) is 0 Å². The van der Waals surface area contributed by atoms with Crippen molar-refractivity contribution in [2.75, 3.05) is 49.6 Å². The van der Waals surface area contributed by atoms with Crippen LogP contribution in [0.4, 0.5) is 11.5 Å². The lowest BCUT2D eigenvalue weighted by atomic mass is 9.99. The number of fused-ring (bicyclic) bond motifs is 2.